The number of nitrogens with two attached hydrogens (primary N) is 1. The molecule has 2 aromatic carbocycles. The summed E-state index contributed by atoms with van der Waals surface area (Å²) in [4.78, 5) is 33.5. The van der Waals surface area contributed by atoms with Crippen LogP contribution in [0.3, 0.4) is 0 Å². The predicted octanol–water partition coefficient (Wildman–Crippen LogP) is 4.98. The fourth-order valence-electron chi connectivity index (χ4n) is 5.01. The summed E-state index contributed by atoms with van der Waals surface area (Å²) in [5.74, 6) is -0.141. The summed E-state index contributed by atoms with van der Waals surface area (Å²) >= 11 is 0. The SMILES string of the molecule is CN(C)c1ccc(C#N)cc1.NC(=O)C(c1ccc(-c2cnc3cnc(C=O)cn23)cc1)C1CCCCC1. The van der Waals surface area contributed by atoms with Crippen molar-refractivity contribution in [1.29, 1.82) is 5.26 Å². The predicted molar refractivity (Wildman–Crippen MR) is 148 cm³/mol. The first-order valence-corrected chi connectivity index (χ1v) is 12.8. The van der Waals surface area contributed by atoms with E-state index in [1.165, 1.54) is 19.3 Å². The molecule has 1 aliphatic rings. The Balaban J connectivity index is 0.000000257. The number of hydrogen-bond donors (Lipinski definition) is 1. The highest BCUT2D eigenvalue weighted by Crippen LogP contribution is 2.36. The van der Waals surface area contributed by atoms with Gasteiger partial charge in [-0.1, -0.05) is 43.5 Å². The molecule has 0 spiro atoms. The molecule has 2 N–H and O–H groups in total. The van der Waals surface area contributed by atoms with E-state index in [9.17, 15) is 9.59 Å². The molecular formula is C30H32N6O2. The molecule has 38 heavy (non-hydrogen) atoms. The number of carbonyl (C=O) groups excluding carboxylic acids is 2. The van der Waals surface area contributed by atoms with E-state index in [1.807, 2.05) is 71.9 Å². The Labute approximate surface area is 222 Å². The summed E-state index contributed by atoms with van der Waals surface area (Å²) in [7, 11) is 3.95. The Kier molecular flexibility index (Phi) is 8.49. The van der Waals surface area contributed by atoms with E-state index in [1.54, 1.807) is 18.6 Å². The third-order valence-corrected chi connectivity index (χ3v) is 7.04. The fraction of sp³-hybridized carbons (Fsp3) is 0.300. The van der Waals surface area contributed by atoms with Gasteiger partial charge in [-0.25, -0.2) is 9.97 Å². The van der Waals surface area contributed by atoms with E-state index in [0.29, 0.717) is 29.1 Å². The number of fused-ring (bicyclic) bond motifs is 1. The van der Waals surface area contributed by atoms with Crippen molar-refractivity contribution in [2.75, 3.05) is 19.0 Å². The number of aromatic nitrogens is 3. The molecular weight excluding hydrogens is 476 g/mol. The van der Waals surface area contributed by atoms with Crippen LogP contribution < -0.4 is 10.6 Å². The molecule has 0 aliphatic heterocycles. The summed E-state index contributed by atoms with van der Waals surface area (Å²) in [6.45, 7) is 0. The number of nitrogens with zero attached hydrogens (tertiary/aromatic N) is 5. The molecule has 4 aromatic rings. The topological polar surface area (TPSA) is 117 Å². The Morgan fingerprint density at radius 2 is 1.74 bits per heavy atom. The maximum Gasteiger partial charge on any atom is 0.225 e. The monoisotopic (exact) mass is 508 g/mol. The number of primary amides is 1. The van der Waals surface area contributed by atoms with Crippen LogP contribution in [0.4, 0.5) is 5.69 Å². The Morgan fingerprint density at radius 1 is 1.05 bits per heavy atom. The first-order chi connectivity index (χ1) is 18.4. The number of nitriles is 1. The molecule has 5 rings (SSSR count). The van der Waals surface area contributed by atoms with Gasteiger partial charge >= 0.3 is 0 Å². The lowest BCUT2D eigenvalue weighted by Crippen LogP contribution is -2.29. The van der Waals surface area contributed by atoms with Crippen molar-refractivity contribution in [1.82, 2.24) is 14.4 Å². The Bertz CT molecular complexity index is 1430. The highest BCUT2D eigenvalue weighted by Gasteiger charge is 2.29. The zero-order valence-electron chi connectivity index (χ0n) is 21.7. The molecule has 1 unspecified atom stereocenters. The van der Waals surface area contributed by atoms with Crippen molar-refractivity contribution in [3.8, 4) is 17.3 Å². The van der Waals surface area contributed by atoms with Gasteiger partial charge in [-0.3, -0.25) is 14.0 Å². The Hall–Kier alpha value is -4.51. The number of aldehydes is 1. The standard InChI is InChI=1S/C21H22N4O2.C9H10N2/c22-21(27)20(15-4-2-1-3-5-15)16-8-6-14(7-9-16)18-10-24-19-11-23-17(13-26)12-25(18)19;1-11(2)9-5-3-8(7-10)4-6-9/h6-13,15,20H,1-5H2,(H2,22,27);3-6H,1-2H3. The van der Waals surface area contributed by atoms with Gasteiger partial charge in [0.15, 0.2) is 11.9 Å². The third-order valence-electron chi connectivity index (χ3n) is 7.04. The van der Waals surface area contributed by atoms with Crippen molar-refractivity contribution in [3.63, 3.8) is 0 Å². The van der Waals surface area contributed by atoms with Crippen LogP contribution in [-0.4, -0.2) is 40.7 Å². The number of imidazole rings is 1. The molecule has 0 bridgehead atoms. The molecule has 2 heterocycles. The summed E-state index contributed by atoms with van der Waals surface area (Å²) in [5, 5.41) is 8.50. The van der Waals surface area contributed by atoms with Crippen molar-refractivity contribution < 1.29 is 9.59 Å². The molecule has 8 heteroatoms. The minimum atomic E-state index is -0.244. The second kappa shape index (κ2) is 12.2. The Morgan fingerprint density at radius 3 is 2.32 bits per heavy atom. The van der Waals surface area contributed by atoms with E-state index >= 15 is 0 Å². The molecule has 0 radical (unpaired) electrons. The van der Waals surface area contributed by atoms with Crippen LogP contribution in [0, 0.1) is 17.2 Å². The van der Waals surface area contributed by atoms with Crippen molar-refractivity contribution in [2.45, 2.75) is 38.0 Å². The molecule has 0 saturated heterocycles. The summed E-state index contributed by atoms with van der Waals surface area (Å²) in [6.07, 6.45) is 11.4. The molecule has 8 nitrogen and oxygen atoms in total. The van der Waals surface area contributed by atoms with Crippen LogP contribution in [0.25, 0.3) is 16.9 Å². The number of carbonyl (C=O) groups is 2. The van der Waals surface area contributed by atoms with Gasteiger partial charge in [-0.05, 0) is 48.6 Å². The van der Waals surface area contributed by atoms with Crippen LogP contribution in [0.1, 0.15) is 59.6 Å². The van der Waals surface area contributed by atoms with Gasteiger partial charge < -0.3 is 10.6 Å². The quantitative estimate of drug-likeness (QED) is 0.367. The normalized spacial score (nSPS) is 14.1. The van der Waals surface area contributed by atoms with Crippen molar-refractivity contribution in [3.05, 3.63) is 83.9 Å². The van der Waals surface area contributed by atoms with Gasteiger partial charge in [0.2, 0.25) is 5.91 Å². The van der Waals surface area contributed by atoms with E-state index in [4.69, 9.17) is 11.0 Å². The van der Waals surface area contributed by atoms with Gasteiger partial charge in [0.05, 0.1) is 35.6 Å². The summed E-state index contributed by atoms with van der Waals surface area (Å²) < 4.78 is 1.85. The second-order valence-electron chi connectivity index (χ2n) is 9.75. The smallest absolute Gasteiger partial charge is 0.225 e. The van der Waals surface area contributed by atoms with Crippen LogP contribution in [0.15, 0.2) is 67.1 Å². The second-order valence-corrected chi connectivity index (χ2v) is 9.75. The molecule has 194 valence electrons. The lowest BCUT2D eigenvalue weighted by Gasteiger charge is -2.28. The number of rotatable bonds is 6. The van der Waals surface area contributed by atoms with E-state index in [0.717, 1.165) is 35.3 Å². The van der Waals surface area contributed by atoms with Gasteiger partial charge in [0, 0.05) is 31.5 Å². The van der Waals surface area contributed by atoms with E-state index in [-0.39, 0.29) is 11.8 Å². The van der Waals surface area contributed by atoms with Crippen molar-refractivity contribution in [2.24, 2.45) is 11.7 Å². The molecule has 1 saturated carbocycles. The van der Waals surface area contributed by atoms with Gasteiger partial charge in [-0.2, -0.15) is 5.26 Å². The fourth-order valence-corrected chi connectivity index (χ4v) is 5.01. The average molecular weight is 509 g/mol. The molecule has 2 aromatic heterocycles. The molecule has 1 amide bonds. The molecule has 1 aliphatic carbocycles. The summed E-state index contributed by atoms with van der Waals surface area (Å²) in [6, 6.07) is 17.5. The number of benzene rings is 2. The lowest BCUT2D eigenvalue weighted by atomic mass is 9.76. The van der Waals surface area contributed by atoms with Crippen LogP contribution >= 0.6 is 0 Å². The average Bonchev–Trinajstić information content (AvgIpc) is 3.37. The summed E-state index contributed by atoms with van der Waals surface area (Å²) in [5.41, 5.74) is 11.4. The largest absolute Gasteiger partial charge is 0.378 e. The van der Waals surface area contributed by atoms with Gasteiger partial charge in [-0.15, -0.1) is 0 Å². The lowest BCUT2D eigenvalue weighted by molar-refractivity contribution is -0.120. The zero-order chi connectivity index (χ0) is 27.1. The van der Waals surface area contributed by atoms with E-state index < -0.39 is 0 Å². The van der Waals surface area contributed by atoms with Gasteiger partial charge in [0.1, 0.15) is 5.69 Å². The highest BCUT2D eigenvalue weighted by atomic mass is 16.1. The van der Waals surface area contributed by atoms with Crippen LogP contribution in [-0.2, 0) is 4.79 Å². The van der Waals surface area contributed by atoms with E-state index in [2.05, 4.69) is 16.0 Å². The van der Waals surface area contributed by atoms with Crippen LogP contribution in [0.5, 0.6) is 0 Å². The first-order valence-electron chi connectivity index (χ1n) is 12.8. The number of anilines is 1. The maximum absolute atomic E-state index is 12.1. The van der Waals surface area contributed by atoms with Crippen molar-refractivity contribution >= 4 is 23.5 Å². The number of hydrogen-bond acceptors (Lipinski definition) is 6. The molecule has 1 fully saturated rings. The maximum atomic E-state index is 12.1. The van der Waals surface area contributed by atoms with Crippen LogP contribution in [0.2, 0.25) is 0 Å². The minimum absolute atomic E-state index is 0.229. The minimum Gasteiger partial charge on any atom is -0.378 e. The van der Waals surface area contributed by atoms with Gasteiger partial charge in [0.25, 0.3) is 0 Å². The third kappa shape index (κ3) is 6.06. The first kappa shape index (κ1) is 26.6. The number of amides is 1. The zero-order valence-corrected chi connectivity index (χ0v) is 21.7. The molecule has 1 atom stereocenters. The highest BCUT2D eigenvalue weighted by molar-refractivity contribution is 5.82.